The van der Waals surface area contributed by atoms with Crippen LogP contribution in [0.3, 0.4) is 0 Å². The Labute approximate surface area is 196 Å². The fourth-order valence-electron chi connectivity index (χ4n) is 4.33. The van der Waals surface area contributed by atoms with E-state index in [0.717, 1.165) is 37.0 Å². The second-order valence-corrected chi connectivity index (χ2v) is 9.30. The number of hydrogen-bond donors (Lipinski definition) is 1. The number of hydrogen-bond acceptors (Lipinski definition) is 3. The molecule has 3 aromatic rings. The molecule has 1 N–H and O–H groups in total. The molecule has 1 saturated carbocycles. The van der Waals surface area contributed by atoms with Crippen molar-refractivity contribution in [3.8, 4) is 0 Å². The van der Waals surface area contributed by atoms with Gasteiger partial charge in [0, 0.05) is 22.2 Å². The van der Waals surface area contributed by atoms with Crippen molar-refractivity contribution >= 4 is 28.8 Å². The largest absolute Gasteiger partial charge is 0.351 e. The van der Waals surface area contributed by atoms with Gasteiger partial charge in [0.2, 0.25) is 11.8 Å². The zero-order chi connectivity index (χ0) is 23.2. The van der Waals surface area contributed by atoms with E-state index in [2.05, 4.69) is 5.32 Å². The minimum Gasteiger partial charge on any atom is -0.351 e. The molecule has 0 radical (unpaired) electrons. The summed E-state index contributed by atoms with van der Waals surface area (Å²) < 4.78 is 29.2. The van der Waals surface area contributed by atoms with Gasteiger partial charge in [-0.2, -0.15) is 0 Å². The lowest BCUT2D eigenvalue weighted by Gasteiger charge is -2.33. The van der Waals surface area contributed by atoms with Crippen LogP contribution in [0.5, 0.6) is 0 Å². The molecule has 1 aromatic heterocycles. The summed E-state index contributed by atoms with van der Waals surface area (Å²) in [4.78, 5) is 29.2. The van der Waals surface area contributed by atoms with Gasteiger partial charge in [0.25, 0.3) is 0 Å². The normalized spacial score (nSPS) is 15.1. The first-order valence-corrected chi connectivity index (χ1v) is 12.1. The second kappa shape index (κ2) is 10.7. The highest BCUT2D eigenvalue weighted by molar-refractivity contribution is 7.10. The fraction of sp³-hybridized carbons (Fsp3) is 0.308. The molecule has 4 rings (SSSR count). The van der Waals surface area contributed by atoms with Crippen molar-refractivity contribution in [1.29, 1.82) is 0 Å². The first kappa shape index (κ1) is 23.1. The van der Waals surface area contributed by atoms with Crippen LogP contribution >= 0.6 is 11.3 Å². The molecule has 0 aliphatic heterocycles. The molecular formula is C26H26F2N2O2S. The third-order valence-electron chi connectivity index (χ3n) is 5.92. The molecule has 1 aliphatic rings. The number of thiophene rings is 1. The number of nitrogens with zero attached hydrogens (tertiary/aromatic N) is 1. The van der Waals surface area contributed by atoms with E-state index in [9.17, 15) is 18.4 Å². The quantitative estimate of drug-likeness (QED) is 0.477. The summed E-state index contributed by atoms with van der Waals surface area (Å²) in [5.74, 6) is -2.00. The maximum atomic E-state index is 15.0. The topological polar surface area (TPSA) is 49.4 Å². The Morgan fingerprint density at radius 1 is 1.00 bits per heavy atom. The molecule has 1 aliphatic carbocycles. The summed E-state index contributed by atoms with van der Waals surface area (Å²) in [6, 6.07) is 13.8. The van der Waals surface area contributed by atoms with Crippen molar-refractivity contribution in [2.75, 3.05) is 4.90 Å². The summed E-state index contributed by atoms with van der Waals surface area (Å²) in [6.07, 6.45) is 4.87. The Kier molecular flexibility index (Phi) is 7.50. The molecule has 2 aromatic carbocycles. The molecule has 1 unspecified atom stereocenters. The van der Waals surface area contributed by atoms with E-state index >= 15 is 0 Å². The van der Waals surface area contributed by atoms with Crippen LogP contribution in [0.2, 0.25) is 0 Å². The summed E-state index contributed by atoms with van der Waals surface area (Å²) in [7, 11) is 0. The second-order valence-electron chi connectivity index (χ2n) is 8.27. The van der Waals surface area contributed by atoms with Gasteiger partial charge in [-0.15, -0.1) is 11.3 Å². The van der Waals surface area contributed by atoms with Gasteiger partial charge in [-0.05, 0) is 48.6 Å². The first-order valence-electron chi connectivity index (χ1n) is 11.2. The van der Waals surface area contributed by atoms with Gasteiger partial charge in [-0.1, -0.05) is 49.6 Å². The Bertz CT molecular complexity index is 1100. The van der Waals surface area contributed by atoms with Crippen molar-refractivity contribution in [3.63, 3.8) is 0 Å². The lowest BCUT2D eigenvalue weighted by atomic mass is 9.94. The standard InChI is InChI=1S/C26H26F2N2O2S/c27-18-8-6-11-20(16-18)30(24(31)17-21-12-7-15-33-21)25(22-13-4-5-14-23(22)28)26(32)29-19-9-2-1-3-10-19/h4-8,11-16,19,25H,1-3,9-10,17H2,(H,29,32). The predicted octanol–water partition coefficient (Wildman–Crippen LogP) is 5.79. The smallest absolute Gasteiger partial charge is 0.248 e. The van der Waals surface area contributed by atoms with E-state index in [1.54, 1.807) is 12.1 Å². The molecule has 172 valence electrons. The average Bonchev–Trinajstić information content (AvgIpc) is 3.31. The molecule has 0 bridgehead atoms. The van der Waals surface area contributed by atoms with E-state index in [1.165, 1.54) is 52.6 Å². The Morgan fingerprint density at radius 3 is 2.48 bits per heavy atom. The predicted molar refractivity (Wildman–Crippen MR) is 126 cm³/mol. The number of rotatable bonds is 7. The molecule has 2 amide bonds. The van der Waals surface area contributed by atoms with Gasteiger partial charge < -0.3 is 5.32 Å². The molecule has 1 heterocycles. The zero-order valence-electron chi connectivity index (χ0n) is 18.2. The van der Waals surface area contributed by atoms with Crippen LogP contribution < -0.4 is 10.2 Å². The summed E-state index contributed by atoms with van der Waals surface area (Å²) >= 11 is 1.42. The van der Waals surface area contributed by atoms with Crippen molar-refractivity contribution in [3.05, 3.63) is 88.1 Å². The van der Waals surface area contributed by atoms with E-state index in [0.29, 0.717) is 0 Å². The minimum atomic E-state index is -1.26. The average molecular weight is 469 g/mol. The summed E-state index contributed by atoms with van der Waals surface area (Å²) in [6.45, 7) is 0. The Hall–Kier alpha value is -3.06. The highest BCUT2D eigenvalue weighted by Crippen LogP contribution is 2.32. The van der Waals surface area contributed by atoms with Gasteiger partial charge in [-0.25, -0.2) is 8.78 Å². The molecule has 1 atom stereocenters. The monoisotopic (exact) mass is 468 g/mol. The van der Waals surface area contributed by atoms with Gasteiger partial charge in [0.15, 0.2) is 0 Å². The zero-order valence-corrected chi connectivity index (χ0v) is 19.0. The Morgan fingerprint density at radius 2 is 1.79 bits per heavy atom. The molecule has 0 saturated heterocycles. The summed E-state index contributed by atoms with van der Waals surface area (Å²) in [5, 5.41) is 4.89. The maximum Gasteiger partial charge on any atom is 0.248 e. The van der Waals surface area contributed by atoms with Crippen LogP contribution in [-0.4, -0.2) is 17.9 Å². The van der Waals surface area contributed by atoms with Crippen molar-refractivity contribution in [2.45, 2.75) is 50.6 Å². The van der Waals surface area contributed by atoms with Crippen molar-refractivity contribution in [2.24, 2.45) is 0 Å². The first-order chi connectivity index (χ1) is 16.0. The van der Waals surface area contributed by atoms with E-state index < -0.39 is 29.5 Å². The number of carbonyl (C=O) groups excluding carboxylic acids is 2. The molecule has 7 heteroatoms. The molecule has 1 fully saturated rings. The van der Waals surface area contributed by atoms with Crippen molar-refractivity contribution in [1.82, 2.24) is 5.32 Å². The molecular weight excluding hydrogens is 442 g/mol. The molecule has 33 heavy (non-hydrogen) atoms. The SMILES string of the molecule is O=C(NC1CCCCC1)C(c1ccccc1F)N(C(=O)Cc1cccs1)c1cccc(F)c1. The lowest BCUT2D eigenvalue weighted by molar-refractivity contribution is -0.127. The number of amides is 2. The maximum absolute atomic E-state index is 15.0. The van der Waals surface area contributed by atoms with Crippen LogP contribution in [-0.2, 0) is 16.0 Å². The molecule has 0 spiro atoms. The number of benzene rings is 2. The van der Waals surface area contributed by atoms with Gasteiger partial charge >= 0.3 is 0 Å². The van der Waals surface area contributed by atoms with Crippen LogP contribution in [0.1, 0.15) is 48.6 Å². The van der Waals surface area contributed by atoms with Gasteiger partial charge in [-0.3, -0.25) is 14.5 Å². The van der Waals surface area contributed by atoms with Crippen LogP contribution in [0.25, 0.3) is 0 Å². The third-order valence-corrected chi connectivity index (χ3v) is 6.79. The highest BCUT2D eigenvalue weighted by atomic mass is 32.1. The number of halogens is 2. The van der Waals surface area contributed by atoms with Gasteiger partial charge in [0.05, 0.1) is 6.42 Å². The summed E-state index contributed by atoms with van der Waals surface area (Å²) in [5.41, 5.74) is 0.290. The van der Waals surface area contributed by atoms with E-state index in [-0.39, 0.29) is 23.7 Å². The number of carbonyl (C=O) groups is 2. The number of nitrogens with one attached hydrogen (secondary N) is 1. The van der Waals surface area contributed by atoms with Gasteiger partial charge in [0.1, 0.15) is 17.7 Å². The van der Waals surface area contributed by atoms with E-state index in [4.69, 9.17) is 0 Å². The molecule has 4 nitrogen and oxygen atoms in total. The van der Waals surface area contributed by atoms with Crippen molar-refractivity contribution < 1.29 is 18.4 Å². The number of anilines is 1. The van der Waals surface area contributed by atoms with Crippen LogP contribution in [0, 0.1) is 11.6 Å². The van der Waals surface area contributed by atoms with Crippen LogP contribution in [0.15, 0.2) is 66.0 Å². The minimum absolute atomic E-state index is 0.0237. The third kappa shape index (κ3) is 5.66. The van der Waals surface area contributed by atoms with Crippen LogP contribution in [0.4, 0.5) is 14.5 Å². The lowest BCUT2D eigenvalue weighted by Crippen LogP contribution is -2.48. The fourth-order valence-corrected chi connectivity index (χ4v) is 5.03. The van der Waals surface area contributed by atoms with E-state index in [1.807, 2.05) is 17.5 Å². The Balaban J connectivity index is 1.76. The highest BCUT2D eigenvalue weighted by Gasteiger charge is 2.35.